The van der Waals surface area contributed by atoms with Crippen LogP contribution in [-0.2, 0) is 4.79 Å². The Labute approximate surface area is 119 Å². The van der Waals surface area contributed by atoms with E-state index in [1.54, 1.807) is 7.11 Å². The predicted octanol–water partition coefficient (Wildman–Crippen LogP) is 1.35. The number of carbonyl (C=O) groups is 1. The largest absolute Gasteiger partial charge is 0.495 e. The quantitative estimate of drug-likeness (QED) is 0.703. The number of hydrogen-bond donors (Lipinski definition) is 3. The van der Waals surface area contributed by atoms with E-state index in [1.165, 1.54) is 0 Å². The number of nitrogens with one attached hydrogen (secondary N) is 2. The van der Waals surface area contributed by atoms with E-state index in [2.05, 4.69) is 10.6 Å². The van der Waals surface area contributed by atoms with Crippen LogP contribution in [0.4, 0.5) is 5.69 Å². The van der Waals surface area contributed by atoms with Gasteiger partial charge >= 0.3 is 0 Å². The van der Waals surface area contributed by atoms with Gasteiger partial charge < -0.3 is 21.1 Å². The normalized spacial score (nSPS) is 17.1. The average molecular weight is 277 g/mol. The maximum Gasteiger partial charge on any atom is 0.239 e. The number of rotatable bonds is 7. The second kappa shape index (κ2) is 6.13. The van der Waals surface area contributed by atoms with Gasteiger partial charge in [-0.25, -0.2) is 0 Å². The molecular formula is C15H23N3O2. The Morgan fingerprint density at radius 2 is 2.15 bits per heavy atom. The number of benzene rings is 1. The maximum absolute atomic E-state index is 12.1. The standard InChI is InChI=1S/C15H23N3O2/c1-15(10-16,11-7-8-11)18-14(19)9-17-12-5-3-4-6-13(12)20-2/h3-6,11,17H,7-10,16H2,1-2H3,(H,18,19). The number of methoxy groups -OCH3 is 1. The van der Waals surface area contributed by atoms with Crippen molar-refractivity contribution >= 4 is 11.6 Å². The molecular weight excluding hydrogens is 254 g/mol. The zero-order chi connectivity index (χ0) is 14.6. The summed E-state index contributed by atoms with van der Waals surface area (Å²) in [6.45, 7) is 2.70. The van der Waals surface area contributed by atoms with Crippen molar-refractivity contribution in [2.24, 2.45) is 11.7 Å². The van der Waals surface area contributed by atoms with E-state index in [1.807, 2.05) is 31.2 Å². The fraction of sp³-hybridized carbons (Fsp3) is 0.533. The van der Waals surface area contributed by atoms with E-state index < -0.39 is 0 Å². The van der Waals surface area contributed by atoms with Crippen LogP contribution in [0.5, 0.6) is 5.75 Å². The molecule has 20 heavy (non-hydrogen) atoms. The summed E-state index contributed by atoms with van der Waals surface area (Å²) in [6, 6.07) is 7.53. The molecule has 0 heterocycles. The molecule has 1 fully saturated rings. The molecule has 0 radical (unpaired) electrons. The van der Waals surface area contributed by atoms with Gasteiger partial charge in [0.1, 0.15) is 5.75 Å². The summed E-state index contributed by atoms with van der Waals surface area (Å²) in [5.41, 5.74) is 6.33. The Balaban J connectivity index is 1.88. The van der Waals surface area contributed by atoms with Crippen LogP contribution in [0, 0.1) is 5.92 Å². The van der Waals surface area contributed by atoms with Crippen LogP contribution in [0.2, 0.25) is 0 Å². The van der Waals surface area contributed by atoms with Crippen molar-refractivity contribution in [2.75, 3.05) is 25.5 Å². The summed E-state index contributed by atoms with van der Waals surface area (Å²) in [4.78, 5) is 12.1. The number of anilines is 1. The van der Waals surface area contributed by atoms with E-state index in [9.17, 15) is 4.79 Å². The molecule has 1 aliphatic carbocycles. The highest BCUT2D eigenvalue weighted by atomic mass is 16.5. The molecule has 1 aliphatic rings. The molecule has 0 aromatic heterocycles. The van der Waals surface area contributed by atoms with Crippen LogP contribution in [0.25, 0.3) is 0 Å². The minimum Gasteiger partial charge on any atom is -0.495 e. The summed E-state index contributed by atoms with van der Waals surface area (Å²) in [5, 5.41) is 6.14. The van der Waals surface area contributed by atoms with Crippen molar-refractivity contribution in [3.05, 3.63) is 24.3 Å². The van der Waals surface area contributed by atoms with Crippen LogP contribution < -0.4 is 21.1 Å². The highest BCUT2D eigenvalue weighted by molar-refractivity contribution is 5.82. The van der Waals surface area contributed by atoms with Gasteiger partial charge in [-0.15, -0.1) is 0 Å². The Hall–Kier alpha value is -1.75. The van der Waals surface area contributed by atoms with Gasteiger partial charge in [-0.2, -0.15) is 0 Å². The van der Waals surface area contributed by atoms with Crippen molar-refractivity contribution in [3.8, 4) is 5.75 Å². The lowest BCUT2D eigenvalue weighted by atomic mass is 9.96. The first-order valence-corrected chi connectivity index (χ1v) is 6.97. The van der Waals surface area contributed by atoms with Gasteiger partial charge in [0.05, 0.1) is 24.9 Å². The Morgan fingerprint density at radius 1 is 1.45 bits per heavy atom. The van der Waals surface area contributed by atoms with E-state index in [4.69, 9.17) is 10.5 Å². The van der Waals surface area contributed by atoms with Gasteiger partial charge in [0.2, 0.25) is 5.91 Å². The van der Waals surface area contributed by atoms with Crippen molar-refractivity contribution < 1.29 is 9.53 Å². The summed E-state index contributed by atoms with van der Waals surface area (Å²) in [7, 11) is 1.61. The first-order valence-electron chi connectivity index (χ1n) is 6.97. The molecule has 110 valence electrons. The van der Waals surface area contributed by atoms with Crippen molar-refractivity contribution in [3.63, 3.8) is 0 Å². The van der Waals surface area contributed by atoms with Gasteiger partial charge in [0.25, 0.3) is 0 Å². The van der Waals surface area contributed by atoms with Gasteiger partial charge in [-0.3, -0.25) is 4.79 Å². The molecule has 0 bridgehead atoms. The molecule has 1 aromatic rings. The molecule has 0 spiro atoms. The lowest BCUT2D eigenvalue weighted by Crippen LogP contribution is -2.54. The fourth-order valence-electron chi connectivity index (χ4n) is 2.37. The molecule has 0 aliphatic heterocycles. The van der Waals surface area contributed by atoms with Crippen LogP contribution in [0.1, 0.15) is 19.8 Å². The van der Waals surface area contributed by atoms with Crippen molar-refractivity contribution in [1.29, 1.82) is 0 Å². The Kier molecular flexibility index (Phi) is 4.49. The summed E-state index contributed by atoms with van der Waals surface area (Å²) >= 11 is 0. The van der Waals surface area contributed by atoms with Gasteiger partial charge in [-0.05, 0) is 37.8 Å². The second-order valence-corrected chi connectivity index (χ2v) is 5.50. The molecule has 4 N–H and O–H groups in total. The van der Waals surface area contributed by atoms with Gasteiger partial charge in [-0.1, -0.05) is 12.1 Å². The van der Waals surface area contributed by atoms with Crippen molar-refractivity contribution in [1.82, 2.24) is 5.32 Å². The van der Waals surface area contributed by atoms with Crippen LogP contribution in [0.3, 0.4) is 0 Å². The highest BCUT2D eigenvalue weighted by Crippen LogP contribution is 2.38. The molecule has 5 nitrogen and oxygen atoms in total. The van der Waals surface area contributed by atoms with Crippen LogP contribution >= 0.6 is 0 Å². The predicted molar refractivity (Wildman–Crippen MR) is 79.8 cm³/mol. The third kappa shape index (κ3) is 3.42. The molecule has 1 amide bonds. The first-order chi connectivity index (χ1) is 9.59. The second-order valence-electron chi connectivity index (χ2n) is 5.50. The zero-order valence-corrected chi connectivity index (χ0v) is 12.1. The minimum atomic E-state index is -0.278. The van der Waals surface area contributed by atoms with E-state index in [0.717, 1.165) is 24.3 Å². The number of carbonyl (C=O) groups excluding carboxylic acids is 1. The van der Waals surface area contributed by atoms with E-state index >= 15 is 0 Å². The fourth-order valence-corrected chi connectivity index (χ4v) is 2.37. The van der Waals surface area contributed by atoms with Crippen LogP contribution in [-0.4, -0.2) is 31.6 Å². The number of amides is 1. The van der Waals surface area contributed by atoms with Crippen molar-refractivity contribution in [2.45, 2.75) is 25.3 Å². The highest BCUT2D eigenvalue weighted by Gasteiger charge is 2.41. The molecule has 1 aromatic carbocycles. The third-order valence-corrected chi connectivity index (χ3v) is 3.87. The SMILES string of the molecule is COc1ccccc1NCC(=O)NC(C)(CN)C1CC1. The van der Waals surface area contributed by atoms with E-state index in [-0.39, 0.29) is 18.0 Å². The molecule has 1 atom stereocenters. The molecule has 1 unspecified atom stereocenters. The van der Waals surface area contributed by atoms with Crippen LogP contribution in [0.15, 0.2) is 24.3 Å². The summed E-state index contributed by atoms with van der Waals surface area (Å²) < 4.78 is 5.23. The average Bonchev–Trinajstić information content (AvgIpc) is 3.30. The Morgan fingerprint density at radius 3 is 2.75 bits per heavy atom. The molecule has 1 saturated carbocycles. The molecule has 2 rings (SSSR count). The van der Waals surface area contributed by atoms with E-state index in [0.29, 0.717) is 12.5 Å². The Bertz CT molecular complexity index is 474. The zero-order valence-electron chi connectivity index (χ0n) is 12.1. The number of para-hydroxylation sites is 2. The summed E-state index contributed by atoms with van der Waals surface area (Å²) in [5.74, 6) is 1.20. The lowest BCUT2D eigenvalue weighted by Gasteiger charge is -2.29. The third-order valence-electron chi connectivity index (χ3n) is 3.87. The number of ether oxygens (including phenoxy) is 1. The van der Waals surface area contributed by atoms with Gasteiger partial charge in [0.15, 0.2) is 0 Å². The molecule has 5 heteroatoms. The maximum atomic E-state index is 12.1. The monoisotopic (exact) mass is 277 g/mol. The summed E-state index contributed by atoms with van der Waals surface area (Å²) in [6.07, 6.45) is 2.29. The van der Waals surface area contributed by atoms with Gasteiger partial charge in [0, 0.05) is 6.54 Å². The smallest absolute Gasteiger partial charge is 0.239 e. The topological polar surface area (TPSA) is 76.4 Å². The molecule has 0 saturated heterocycles. The number of nitrogens with two attached hydrogens (primary N) is 1. The lowest BCUT2D eigenvalue weighted by molar-refractivity contribution is -0.121. The first kappa shape index (κ1) is 14.7. The number of hydrogen-bond acceptors (Lipinski definition) is 4. The minimum absolute atomic E-state index is 0.0456.